The lowest BCUT2D eigenvalue weighted by molar-refractivity contribution is 0.0937. The third-order valence-electron chi connectivity index (χ3n) is 3.64. The number of rotatable bonds is 9. The first kappa shape index (κ1) is 20.4. The minimum atomic E-state index is -3.63. The Morgan fingerprint density at radius 2 is 1.69 bits per heavy atom. The summed E-state index contributed by atoms with van der Waals surface area (Å²) >= 11 is 5.82. The minimum Gasteiger partial charge on any atom is -0.383 e. The van der Waals surface area contributed by atoms with Crippen LogP contribution in [0.1, 0.15) is 15.9 Å². The molecule has 0 aliphatic rings. The van der Waals surface area contributed by atoms with Crippen molar-refractivity contribution in [3.8, 4) is 0 Å². The maximum absolute atomic E-state index is 12.3. The zero-order valence-corrected chi connectivity index (χ0v) is 15.9. The normalized spacial score (nSPS) is 11.3. The van der Waals surface area contributed by atoms with Gasteiger partial charge in [0.2, 0.25) is 10.0 Å². The number of carbonyl (C=O) groups excluding carboxylic acids is 1. The molecule has 0 fully saturated rings. The van der Waals surface area contributed by atoms with Crippen LogP contribution >= 0.6 is 11.6 Å². The molecule has 140 valence electrons. The standard InChI is InChI=1S/C18H21ClN2O4S/c1-25-13-12-20-18(22)15-4-8-17(9-5-15)26(23,24)21-11-10-14-2-6-16(19)7-3-14/h2-9,21H,10-13H2,1H3,(H,20,22). The molecule has 6 nitrogen and oxygen atoms in total. The first-order valence-electron chi connectivity index (χ1n) is 8.04. The number of amides is 1. The molecule has 0 bridgehead atoms. The van der Waals surface area contributed by atoms with Gasteiger partial charge >= 0.3 is 0 Å². The number of nitrogens with one attached hydrogen (secondary N) is 2. The molecule has 0 heterocycles. The van der Waals surface area contributed by atoms with Crippen LogP contribution in [-0.2, 0) is 21.2 Å². The first-order chi connectivity index (χ1) is 12.4. The van der Waals surface area contributed by atoms with Crippen LogP contribution in [0, 0.1) is 0 Å². The fourth-order valence-electron chi connectivity index (χ4n) is 2.22. The van der Waals surface area contributed by atoms with Crippen LogP contribution in [0.2, 0.25) is 5.02 Å². The molecule has 2 N–H and O–H groups in total. The maximum atomic E-state index is 12.3. The lowest BCUT2D eigenvalue weighted by Crippen LogP contribution is -2.27. The summed E-state index contributed by atoms with van der Waals surface area (Å²) in [6.45, 7) is 1.07. The Morgan fingerprint density at radius 3 is 2.31 bits per heavy atom. The Morgan fingerprint density at radius 1 is 1.04 bits per heavy atom. The lowest BCUT2D eigenvalue weighted by atomic mass is 10.2. The van der Waals surface area contributed by atoms with Crippen LogP contribution in [-0.4, -0.2) is 41.1 Å². The second kappa shape index (κ2) is 9.68. The van der Waals surface area contributed by atoms with Gasteiger partial charge < -0.3 is 10.1 Å². The smallest absolute Gasteiger partial charge is 0.251 e. The van der Waals surface area contributed by atoms with E-state index >= 15 is 0 Å². The van der Waals surface area contributed by atoms with Crippen LogP contribution in [0.15, 0.2) is 53.4 Å². The maximum Gasteiger partial charge on any atom is 0.251 e. The number of sulfonamides is 1. The van der Waals surface area contributed by atoms with Gasteiger partial charge in [-0.05, 0) is 48.4 Å². The number of methoxy groups -OCH3 is 1. The van der Waals surface area contributed by atoms with Gasteiger partial charge in [-0.2, -0.15) is 0 Å². The Balaban J connectivity index is 1.91. The molecule has 0 saturated carbocycles. The van der Waals surface area contributed by atoms with Crippen molar-refractivity contribution < 1.29 is 17.9 Å². The average Bonchev–Trinajstić information content (AvgIpc) is 2.63. The summed E-state index contributed by atoms with van der Waals surface area (Å²) in [5.74, 6) is -0.276. The number of benzene rings is 2. The highest BCUT2D eigenvalue weighted by atomic mass is 35.5. The Bertz CT molecular complexity index is 821. The molecule has 1 amide bonds. The van der Waals surface area contributed by atoms with Crippen molar-refractivity contribution in [3.05, 3.63) is 64.7 Å². The van der Waals surface area contributed by atoms with E-state index in [4.69, 9.17) is 16.3 Å². The molecule has 8 heteroatoms. The van der Waals surface area contributed by atoms with Crippen molar-refractivity contribution >= 4 is 27.5 Å². The highest BCUT2D eigenvalue weighted by Gasteiger charge is 2.14. The monoisotopic (exact) mass is 396 g/mol. The molecular weight excluding hydrogens is 376 g/mol. The Labute approximate surface area is 158 Å². The Kier molecular flexibility index (Phi) is 7.59. The van der Waals surface area contributed by atoms with Crippen molar-refractivity contribution in [1.82, 2.24) is 10.0 Å². The zero-order valence-electron chi connectivity index (χ0n) is 14.4. The van der Waals surface area contributed by atoms with Gasteiger partial charge in [0.05, 0.1) is 11.5 Å². The molecule has 0 spiro atoms. The van der Waals surface area contributed by atoms with Gasteiger partial charge in [-0.3, -0.25) is 4.79 Å². The van der Waals surface area contributed by atoms with E-state index in [0.29, 0.717) is 30.2 Å². The predicted octanol–water partition coefficient (Wildman–Crippen LogP) is 2.24. The molecule has 0 aromatic heterocycles. The van der Waals surface area contributed by atoms with Crippen molar-refractivity contribution in [2.24, 2.45) is 0 Å². The highest BCUT2D eigenvalue weighted by molar-refractivity contribution is 7.89. The summed E-state index contributed by atoms with van der Waals surface area (Å²) in [6, 6.07) is 13.0. The van der Waals surface area contributed by atoms with E-state index in [0.717, 1.165) is 5.56 Å². The average molecular weight is 397 g/mol. The summed E-state index contributed by atoms with van der Waals surface area (Å²) in [4.78, 5) is 12.0. The third-order valence-corrected chi connectivity index (χ3v) is 5.37. The summed E-state index contributed by atoms with van der Waals surface area (Å²) in [6.07, 6.45) is 0.552. The van der Waals surface area contributed by atoms with Gasteiger partial charge in [-0.1, -0.05) is 23.7 Å². The fourth-order valence-corrected chi connectivity index (χ4v) is 3.38. The van der Waals surface area contributed by atoms with Gasteiger partial charge in [-0.25, -0.2) is 13.1 Å². The van der Waals surface area contributed by atoms with E-state index in [1.54, 1.807) is 19.2 Å². The van der Waals surface area contributed by atoms with E-state index in [9.17, 15) is 13.2 Å². The second-order valence-electron chi connectivity index (χ2n) is 5.55. The van der Waals surface area contributed by atoms with E-state index in [1.165, 1.54) is 24.3 Å². The highest BCUT2D eigenvalue weighted by Crippen LogP contribution is 2.12. The quantitative estimate of drug-likeness (QED) is 0.636. The minimum absolute atomic E-state index is 0.113. The molecule has 0 aliphatic heterocycles. The van der Waals surface area contributed by atoms with Crippen LogP contribution < -0.4 is 10.0 Å². The number of hydrogen-bond donors (Lipinski definition) is 2. The van der Waals surface area contributed by atoms with Gasteiger partial charge in [0, 0.05) is 30.8 Å². The molecule has 0 saturated heterocycles. The summed E-state index contributed by atoms with van der Waals surface area (Å²) in [5, 5.41) is 3.32. The number of hydrogen-bond acceptors (Lipinski definition) is 4. The van der Waals surface area contributed by atoms with Gasteiger partial charge in [0.1, 0.15) is 0 Å². The summed E-state index contributed by atoms with van der Waals surface area (Å²) < 4.78 is 32.0. The SMILES string of the molecule is COCCNC(=O)c1ccc(S(=O)(=O)NCCc2ccc(Cl)cc2)cc1. The molecular formula is C18H21ClN2O4S. The molecule has 0 radical (unpaired) electrons. The van der Waals surface area contributed by atoms with Crippen LogP contribution in [0.4, 0.5) is 0 Å². The van der Waals surface area contributed by atoms with Crippen LogP contribution in [0.5, 0.6) is 0 Å². The fraction of sp³-hybridized carbons (Fsp3) is 0.278. The topological polar surface area (TPSA) is 84.5 Å². The predicted molar refractivity (Wildman–Crippen MR) is 101 cm³/mol. The molecule has 0 unspecified atom stereocenters. The molecule has 0 aliphatic carbocycles. The lowest BCUT2D eigenvalue weighted by Gasteiger charge is -2.08. The number of carbonyl (C=O) groups is 1. The van der Waals surface area contributed by atoms with E-state index in [2.05, 4.69) is 10.0 Å². The first-order valence-corrected chi connectivity index (χ1v) is 9.90. The van der Waals surface area contributed by atoms with Crippen molar-refractivity contribution in [3.63, 3.8) is 0 Å². The van der Waals surface area contributed by atoms with Gasteiger partial charge in [-0.15, -0.1) is 0 Å². The van der Waals surface area contributed by atoms with Crippen molar-refractivity contribution in [2.45, 2.75) is 11.3 Å². The van der Waals surface area contributed by atoms with Gasteiger partial charge in [0.15, 0.2) is 0 Å². The number of ether oxygens (including phenoxy) is 1. The summed E-state index contributed by atoms with van der Waals surface area (Å²) in [5.41, 5.74) is 1.38. The van der Waals surface area contributed by atoms with Gasteiger partial charge in [0.25, 0.3) is 5.91 Å². The van der Waals surface area contributed by atoms with Crippen LogP contribution in [0.25, 0.3) is 0 Å². The van der Waals surface area contributed by atoms with E-state index < -0.39 is 10.0 Å². The zero-order chi connectivity index (χ0) is 19.0. The van der Waals surface area contributed by atoms with Crippen molar-refractivity contribution in [1.29, 1.82) is 0 Å². The van der Waals surface area contributed by atoms with E-state index in [-0.39, 0.29) is 17.3 Å². The molecule has 2 aromatic rings. The molecule has 0 atom stereocenters. The Hall–Kier alpha value is -1.93. The second-order valence-corrected chi connectivity index (χ2v) is 7.75. The largest absolute Gasteiger partial charge is 0.383 e. The summed E-state index contributed by atoms with van der Waals surface area (Å²) in [7, 11) is -2.08. The van der Waals surface area contributed by atoms with Crippen molar-refractivity contribution in [2.75, 3.05) is 26.8 Å². The molecule has 26 heavy (non-hydrogen) atoms. The van der Waals surface area contributed by atoms with E-state index in [1.807, 2.05) is 12.1 Å². The molecule has 2 rings (SSSR count). The van der Waals surface area contributed by atoms with Crippen LogP contribution in [0.3, 0.4) is 0 Å². The number of halogens is 1. The molecule has 2 aromatic carbocycles. The third kappa shape index (κ3) is 6.10.